The fraction of sp³-hybridized carbons (Fsp3) is 1.00. The maximum Gasteiger partial charge on any atom is 0.165 e. The third-order valence-electron chi connectivity index (χ3n) is 2.87. The summed E-state index contributed by atoms with van der Waals surface area (Å²) in [5.74, 6) is -0.300. The van der Waals surface area contributed by atoms with Gasteiger partial charge in [0.2, 0.25) is 0 Å². The topological polar surface area (TPSA) is 18.5 Å². The number of rotatable bonds is 5. The average molecular weight is 200 g/mol. The van der Waals surface area contributed by atoms with Crippen molar-refractivity contribution in [1.82, 2.24) is 0 Å². The number of ether oxygens (including phenoxy) is 2. The van der Waals surface area contributed by atoms with E-state index in [1.54, 1.807) is 0 Å². The van der Waals surface area contributed by atoms with Crippen molar-refractivity contribution in [2.24, 2.45) is 0 Å². The molecule has 0 unspecified atom stereocenters. The minimum atomic E-state index is -0.300. The summed E-state index contributed by atoms with van der Waals surface area (Å²) >= 11 is 0. The first kappa shape index (κ1) is 12.0. The molecule has 2 nitrogen and oxygen atoms in total. The van der Waals surface area contributed by atoms with Crippen LogP contribution >= 0.6 is 0 Å². The molecule has 0 amide bonds. The van der Waals surface area contributed by atoms with Crippen LogP contribution in [0.15, 0.2) is 0 Å². The van der Waals surface area contributed by atoms with E-state index in [1.165, 1.54) is 25.7 Å². The van der Waals surface area contributed by atoms with Crippen molar-refractivity contribution < 1.29 is 9.47 Å². The highest BCUT2D eigenvalue weighted by Crippen LogP contribution is 2.27. The summed E-state index contributed by atoms with van der Waals surface area (Å²) in [6.45, 7) is 7.30. The summed E-state index contributed by atoms with van der Waals surface area (Å²) in [6, 6.07) is 0. The lowest BCUT2D eigenvalue weighted by atomic mass is 10.1. The Labute approximate surface area is 88.0 Å². The molecule has 1 heterocycles. The van der Waals surface area contributed by atoms with Crippen LogP contribution in [0.4, 0.5) is 0 Å². The zero-order valence-corrected chi connectivity index (χ0v) is 9.84. The maximum absolute atomic E-state index is 5.83. The van der Waals surface area contributed by atoms with Crippen LogP contribution < -0.4 is 0 Å². The Morgan fingerprint density at radius 2 is 2.07 bits per heavy atom. The molecule has 1 rings (SSSR count). The van der Waals surface area contributed by atoms with Gasteiger partial charge in [-0.15, -0.1) is 0 Å². The fourth-order valence-corrected chi connectivity index (χ4v) is 1.96. The second-order valence-corrected chi connectivity index (χ2v) is 4.51. The van der Waals surface area contributed by atoms with Crippen molar-refractivity contribution in [2.75, 3.05) is 6.61 Å². The van der Waals surface area contributed by atoms with Crippen LogP contribution in [0.5, 0.6) is 0 Å². The van der Waals surface area contributed by atoms with Crippen LogP contribution in [0, 0.1) is 0 Å². The van der Waals surface area contributed by atoms with Gasteiger partial charge >= 0.3 is 0 Å². The molecule has 2 atom stereocenters. The van der Waals surface area contributed by atoms with Crippen molar-refractivity contribution in [3.63, 3.8) is 0 Å². The molecule has 2 heteroatoms. The standard InChI is InChI=1S/C12H24O2/c1-4-5-6-7-9-12(3)13-10-8-11(2)14-12/h11H,4-10H2,1-3H3/t11-,12+/m0/s1. The van der Waals surface area contributed by atoms with Crippen molar-refractivity contribution in [3.05, 3.63) is 0 Å². The monoisotopic (exact) mass is 200 g/mol. The Hall–Kier alpha value is -0.0800. The molecule has 0 saturated carbocycles. The second-order valence-electron chi connectivity index (χ2n) is 4.51. The van der Waals surface area contributed by atoms with E-state index in [2.05, 4.69) is 20.8 Å². The zero-order chi connectivity index (χ0) is 10.4. The van der Waals surface area contributed by atoms with Gasteiger partial charge in [-0.1, -0.05) is 26.2 Å². The molecule has 1 fully saturated rings. The molecule has 84 valence electrons. The normalized spacial score (nSPS) is 33.2. The van der Waals surface area contributed by atoms with Crippen LogP contribution in [0.1, 0.15) is 59.3 Å². The molecular formula is C12H24O2. The number of hydrogen-bond donors (Lipinski definition) is 0. The van der Waals surface area contributed by atoms with Crippen LogP contribution in [0.2, 0.25) is 0 Å². The van der Waals surface area contributed by atoms with E-state index in [-0.39, 0.29) is 5.79 Å². The predicted octanol–water partition coefficient (Wildman–Crippen LogP) is 3.50. The first-order valence-corrected chi connectivity index (χ1v) is 5.98. The molecule has 14 heavy (non-hydrogen) atoms. The van der Waals surface area contributed by atoms with Gasteiger partial charge in [0.25, 0.3) is 0 Å². The van der Waals surface area contributed by atoms with E-state index in [4.69, 9.17) is 9.47 Å². The van der Waals surface area contributed by atoms with Gasteiger partial charge < -0.3 is 9.47 Å². The highest BCUT2D eigenvalue weighted by molar-refractivity contribution is 4.70. The van der Waals surface area contributed by atoms with E-state index < -0.39 is 0 Å². The second kappa shape index (κ2) is 5.72. The van der Waals surface area contributed by atoms with Crippen molar-refractivity contribution in [3.8, 4) is 0 Å². The minimum absolute atomic E-state index is 0.300. The first-order valence-electron chi connectivity index (χ1n) is 5.98. The Balaban J connectivity index is 2.19. The SMILES string of the molecule is CCCCCC[C@]1(C)OCC[C@H](C)O1. The van der Waals surface area contributed by atoms with E-state index in [0.717, 1.165) is 19.4 Å². The van der Waals surface area contributed by atoms with Gasteiger partial charge in [-0.25, -0.2) is 0 Å². The summed E-state index contributed by atoms with van der Waals surface area (Å²) in [5, 5.41) is 0. The lowest BCUT2D eigenvalue weighted by Crippen LogP contribution is -2.41. The van der Waals surface area contributed by atoms with E-state index in [1.807, 2.05) is 0 Å². The smallest absolute Gasteiger partial charge is 0.165 e. The van der Waals surface area contributed by atoms with Crippen molar-refractivity contribution in [2.45, 2.75) is 71.2 Å². The highest BCUT2D eigenvalue weighted by atomic mass is 16.7. The molecule has 0 aromatic rings. The molecule has 1 saturated heterocycles. The molecule has 0 spiro atoms. The van der Waals surface area contributed by atoms with Crippen molar-refractivity contribution >= 4 is 0 Å². The predicted molar refractivity (Wildman–Crippen MR) is 58.3 cm³/mol. The molecule has 0 aromatic heterocycles. The van der Waals surface area contributed by atoms with Gasteiger partial charge in [0.15, 0.2) is 5.79 Å². The molecule has 0 bridgehead atoms. The Morgan fingerprint density at radius 1 is 1.29 bits per heavy atom. The number of unbranched alkanes of at least 4 members (excludes halogenated alkanes) is 3. The van der Waals surface area contributed by atoms with E-state index in [0.29, 0.717) is 6.10 Å². The van der Waals surface area contributed by atoms with Crippen LogP contribution in [0.3, 0.4) is 0 Å². The van der Waals surface area contributed by atoms with Gasteiger partial charge in [0, 0.05) is 6.42 Å². The fourth-order valence-electron chi connectivity index (χ4n) is 1.96. The molecule has 0 aliphatic carbocycles. The lowest BCUT2D eigenvalue weighted by Gasteiger charge is -2.37. The Kier molecular flexibility index (Phi) is 4.90. The van der Waals surface area contributed by atoms with Gasteiger partial charge in [-0.05, 0) is 26.7 Å². The Morgan fingerprint density at radius 3 is 2.71 bits per heavy atom. The lowest BCUT2D eigenvalue weighted by molar-refractivity contribution is -0.283. The van der Waals surface area contributed by atoms with Gasteiger partial charge in [-0.3, -0.25) is 0 Å². The van der Waals surface area contributed by atoms with Gasteiger partial charge in [-0.2, -0.15) is 0 Å². The summed E-state index contributed by atoms with van der Waals surface area (Å²) in [6.07, 6.45) is 7.56. The largest absolute Gasteiger partial charge is 0.350 e. The molecule has 0 N–H and O–H groups in total. The average Bonchev–Trinajstić information content (AvgIpc) is 2.12. The Bertz CT molecular complexity index is 158. The third kappa shape index (κ3) is 3.97. The zero-order valence-electron chi connectivity index (χ0n) is 9.84. The van der Waals surface area contributed by atoms with Crippen LogP contribution in [-0.2, 0) is 9.47 Å². The van der Waals surface area contributed by atoms with Crippen LogP contribution in [0.25, 0.3) is 0 Å². The summed E-state index contributed by atoms with van der Waals surface area (Å²) in [7, 11) is 0. The highest BCUT2D eigenvalue weighted by Gasteiger charge is 2.31. The van der Waals surface area contributed by atoms with Crippen LogP contribution in [-0.4, -0.2) is 18.5 Å². The number of hydrogen-bond acceptors (Lipinski definition) is 2. The molecule has 1 aliphatic heterocycles. The molecule has 1 aliphatic rings. The quantitative estimate of drug-likeness (QED) is 0.632. The maximum atomic E-state index is 5.83. The van der Waals surface area contributed by atoms with Crippen molar-refractivity contribution in [1.29, 1.82) is 0 Å². The summed E-state index contributed by atoms with van der Waals surface area (Å²) in [4.78, 5) is 0. The first-order chi connectivity index (χ1) is 6.66. The molecular weight excluding hydrogens is 176 g/mol. The van der Waals surface area contributed by atoms with E-state index in [9.17, 15) is 0 Å². The molecule has 0 radical (unpaired) electrons. The summed E-state index contributed by atoms with van der Waals surface area (Å²) in [5.41, 5.74) is 0. The minimum Gasteiger partial charge on any atom is -0.350 e. The summed E-state index contributed by atoms with van der Waals surface area (Å²) < 4.78 is 11.5. The van der Waals surface area contributed by atoms with E-state index >= 15 is 0 Å². The van der Waals surface area contributed by atoms with Gasteiger partial charge in [0.1, 0.15) is 0 Å². The van der Waals surface area contributed by atoms with Gasteiger partial charge in [0.05, 0.1) is 12.7 Å². The molecule has 0 aromatic carbocycles. The third-order valence-corrected chi connectivity index (χ3v) is 2.87.